The topological polar surface area (TPSA) is 68.5 Å². The number of hydrogen-bond donors (Lipinski definition) is 0. The van der Waals surface area contributed by atoms with Crippen molar-refractivity contribution < 1.29 is 13.9 Å². The molecule has 6 nitrogen and oxygen atoms in total. The normalized spacial score (nSPS) is 14.7. The van der Waals surface area contributed by atoms with E-state index in [1.165, 1.54) is 11.8 Å². The average Bonchev–Trinajstić information content (AvgIpc) is 3.45. The summed E-state index contributed by atoms with van der Waals surface area (Å²) in [6.07, 6.45) is 2.11. The van der Waals surface area contributed by atoms with Crippen molar-refractivity contribution in [1.29, 1.82) is 0 Å². The van der Waals surface area contributed by atoms with Crippen LogP contribution in [0.2, 0.25) is 0 Å². The molecule has 1 amide bonds. The van der Waals surface area contributed by atoms with E-state index < -0.39 is 5.25 Å². The average molecular weight is 424 g/mol. The van der Waals surface area contributed by atoms with E-state index in [4.69, 9.17) is 9.15 Å². The summed E-state index contributed by atoms with van der Waals surface area (Å²) in [5, 5.41) is 8.20. The van der Waals surface area contributed by atoms with Gasteiger partial charge in [-0.15, -0.1) is 10.2 Å². The molecule has 0 saturated carbocycles. The van der Waals surface area contributed by atoms with E-state index in [0.717, 1.165) is 48.4 Å². The molecule has 0 bridgehead atoms. The summed E-state index contributed by atoms with van der Waals surface area (Å²) in [6, 6.07) is 15.8. The molecule has 1 atom stereocenters. The number of thioether (sulfide) groups is 1. The molecule has 0 unspecified atom stereocenters. The maximum Gasteiger partial charge on any atom is 0.277 e. The number of aryl methyl sites for hydroxylation is 2. The van der Waals surface area contributed by atoms with E-state index in [1.54, 1.807) is 0 Å². The number of nitrogens with zero attached hydrogens (tertiary/aromatic N) is 3. The number of carbonyl (C=O) groups excluding carboxylic acids is 1. The van der Waals surface area contributed by atoms with Crippen LogP contribution < -0.4 is 4.74 Å². The summed E-state index contributed by atoms with van der Waals surface area (Å²) in [4.78, 5) is 15.0. The van der Waals surface area contributed by atoms with Gasteiger partial charge in [0.2, 0.25) is 5.91 Å². The van der Waals surface area contributed by atoms with Crippen molar-refractivity contribution in [3.8, 4) is 5.75 Å². The molecule has 7 heteroatoms. The largest absolute Gasteiger partial charge is 0.484 e. The lowest BCUT2D eigenvalue weighted by Gasteiger charge is -2.22. The van der Waals surface area contributed by atoms with E-state index >= 15 is 0 Å². The van der Waals surface area contributed by atoms with Crippen LogP contribution in [0.4, 0.5) is 0 Å². The summed E-state index contributed by atoms with van der Waals surface area (Å²) >= 11 is 1.30. The molecular formula is C23H25N3O3S. The monoisotopic (exact) mass is 423 g/mol. The maximum atomic E-state index is 13.1. The molecule has 2 aromatic carbocycles. The quantitative estimate of drug-likeness (QED) is 0.512. The van der Waals surface area contributed by atoms with Crippen LogP contribution in [0.5, 0.6) is 5.75 Å². The molecule has 2 heterocycles. The van der Waals surface area contributed by atoms with Crippen LogP contribution in [-0.2, 0) is 11.4 Å². The van der Waals surface area contributed by atoms with Gasteiger partial charge in [0.1, 0.15) is 11.0 Å². The first-order chi connectivity index (χ1) is 14.6. The van der Waals surface area contributed by atoms with E-state index in [-0.39, 0.29) is 12.5 Å². The Balaban J connectivity index is 1.46. The Labute approximate surface area is 180 Å². The lowest BCUT2D eigenvalue weighted by molar-refractivity contribution is -0.129. The summed E-state index contributed by atoms with van der Waals surface area (Å²) in [5.41, 5.74) is 3.12. The van der Waals surface area contributed by atoms with Crippen LogP contribution in [0.1, 0.15) is 40.7 Å². The smallest absolute Gasteiger partial charge is 0.277 e. The van der Waals surface area contributed by atoms with Gasteiger partial charge in [-0.3, -0.25) is 4.79 Å². The fourth-order valence-corrected chi connectivity index (χ4v) is 4.42. The molecule has 3 aromatic rings. The second-order valence-electron chi connectivity index (χ2n) is 7.46. The Morgan fingerprint density at radius 3 is 2.67 bits per heavy atom. The molecule has 1 aliphatic heterocycles. The molecule has 1 saturated heterocycles. The van der Waals surface area contributed by atoms with E-state index in [0.29, 0.717) is 11.1 Å². The minimum atomic E-state index is -0.405. The molecule has 0 aliphatic carbocycles. The molecule has 0 radical (unpaired) electrons. The first kappa shape index (κ1) is 20.5. The molecule has 1 aliphatic rings. The van der Waals surface area contributed by atoms with Crippen molar-refractivity contribution in [3.05, 3.63) is 71.1 Å². The second kappa shape index (κ2) is 9.34. The highest BCUT2D eigenvalue weighted by molar-refractivity contribution is 8.00. The van der Waals surface area contributed by atoms with Crippen molar-refractivity contribution in [2.45, 2.75) is 43.8 Å². The van der Waals surface area contributed by atoms with Gasteiger partial charge in [-0.25, -0.2) is 0 Å². The number of amides is 1. The van der Waals surface area contributed by atoms with Crippen LogP contribution in [0.15, 0.2) is 58.2 Å². The van der Waals surface area contributed by atoms with Crippen molar-refractivity contribution in [2.24, 2.45) is 0 Å². The Morgan fingerprint density at radius 2 is 1.90 bits per heavy atom. The lowest BCUT2D eigenvalue weighted by atomic mass is 10.1. The molecular weight excluding hydrogens is 398 g/mol. The summed E-state index contributed by atoms with van der Waals surface area (Å²) < 4.78 is 11.6. The number of carbonyl (C=O) groups is 1. The number of benzene rings is 2. The van der Waals surface area contributed by atoms with Crippen molar-refractivity contribution in [2.75, 3.05) is 13.1 Å². The minimum absolute atomic E-state index is 0.0927. The molecule has 0 spiro atoms. The first-order valence-corrected chi connectivity index (χ1v) is 11.0. The van der Waals surface area contributed by atoms with Crippen LogP contribution in [-0.4, -0.2) is 34.1 Å². The fourth-order valence-electron chi connectivity index (χ4n) is 3.44. The minimum Gasteiger partial charge on any atom is -0.484 e. The predicted molar refractivity (Wildman–Crippen MR) is 115 cm³/mol. The SMILES string of the molecule is Cc1ccc(C)c(OCc2nnc(S[C@H](C(=O)N3CCCC3)c3ccccc3)o2)c1. The summed E-state index contributed by atoms with van der Waals surface area (Å²) in [6.45, 7) is 5.82. The van der Waals surface area contributed by atoms with Gasteiger partial charge in [0.15, 0.2) is 6.61 Å². The molecule has 0 N–H and O–H groups in total. The Kier molecular flexibility index (Phi) is 6.38. The van der Waals surface area contributed by atoms with E-state index in [1.807, 2.05) is 67.3 Å². The predicted octanol–water partition coefficient (Wildman–Crippen LogP) is 4.72. The third kappa shape index (κ3) is 4.84. The van der Waals surface area contributed by atoms with Gasteiger partial charge < -0.3 is 14.1 Å². The van der Waals surface area contributed by atoms with E-state index in [9.17, 15) is 4.79 Å². The fraction of sp³-hybridized carbons (Fsp3) is 0.348. The number of ether oxygens (including phenoxy) is 1. The standard InChI is InChI=1S/C23H25N3O3S/c1-16-10-11-17(2)19(14-16)28-15-20-24-25-23(29-20)30-21(18-8-4-3-5-9-18)22(27)26-12-6-7-13-26/h3-5,8-11,14,21H,6-7,12-13,15H2,1-2H3/t21-/m0/s1. The third-order valence-electron chi connectivity index (χ3n) is 5.11. The Morgan fingerprint density at radius 1 is 1.13 bits per heavy atom. The zero-order valence-electron chi connectivity index (χ0n) is 17.2. The first-order valence-electron chi connectivity index (χ1n) is 10.1. The highest BCUT2D eigenvalue weighted by atomic mass is 32.2. The Hall–Kier alpha value is -2.80. The van der Waals surface area contributed by atoms with Gasteiger partial charge in [-0.2, -0.15) is 0 Å². The molecule has 1 fully saturated rings. The van der Waals surface area contributed by atoms with Gasteiger partial charge in [0.25, 0.3) is 11.1 Å². The third-order valence-corrected chi connectivity index (χ3v) is 6.18. The molecule has 4 rings (SSSR count). The summed E-state index contributed by atoms with van der Waals surface area (Å²) in [5.74, 6) is 1.28. The number of hydrogen-bond acceptors (Lipinski definition) is 6. The number of likely N-dealkylation sites (tertiary alicyclic amines) is 1. The van der Waals surface area contributed by atoms with Crippen LogP contribution in [0, 0.1) is 13.8 Å². The van der Waals surface area contributed by atoms with Gasteiger partial charge in [-0.05, 0) is 61.2 Å². The van der Waals surface area contributed by atoms with E-state index in [2.05, 4.69) is 10.2 Å². The van der Waals surface area contributed by atoms with Crippen molar-refractivity contribution in [1.82, 2.24) is 15.1 Å². The number of rotatable bonds is 7. The maximum absolute atomic E-state index is 13.1. The molecule has 1 aromatic heterocycles. The zero-order valence-corrected chi connectivity index (χ0v) is 18.0. The van der Waals surface area contributed by atoms with Gasteiger partial charge in [0, 0.05) is 13.1 Å². The highest BCUT2D eigenvalue weighted by Gasteiger charge is 2.30. The van der Waals surface area contributed by atoms with Crippen LogP contribution >= 0.6 is 11.8 Å². The Bertz CT molecular complexity index is 1000. The summed E-state index contributed by atoms with van der Waals surface area (Å²) in [7, 11) is 0. The zero-order chi connectivity index (χ0) is 20.9. The molecule has 156 valence electrons. The van der Waals surface area contributed by atoms with Gasteiger partial charge in [0.05, 0.1) is 0 Å². The van der Waals surface area contributed by atoms with Crippen LogP contribution in [0.3, 0.4) is 0 Å². The highest BCUT2D eigenvalue weighted by Crippen LogP contribution is 2.37. The molecule has 30 heavy (non-hydrogen) atoms. The van der Waals surface area contributed by atoms with Crippen molar-refractivity contribution >= 4 is 17.7 Å². The van der Waals surface area contributed by atoms with Gasteiger partial charge in [-0.1, -0.05) is 42.5 Å². The van der Waals surface area contributed by atoms with Crippen molar-refractivity contribution in [3.63, 3.8) is 0 Å². The lowest BCUT2D eigenvalue weighted by Crippen LogP contribution is -2.31. The number of aromatic nitrogens is 2. The van der Waals surface area contributed by atoms with Gasteiger partial charge >= 0.3 is 0 Å². The van der Waals surface area contributed by atoms with Crippen LogP contribution in [0.25, 0.3) is 0 Å². The second-order valence-corrected chi connectivity index (χ2v) is 8.52.